The molecular formula is C35H45N. The van der Waals surface area contributed by atoms with Gasteiger partial charge < -0.3 is 0 Å². The van der Waals surface area contributed by atoms with E-state index in [1.54, 1.807) is 0 Å². The minimum absolute atomic E-state index is 0.0277. The molecule has 0 amide bonds. The first kappa shape index (κ1) is 26.4. The van der Waals surface area contributed by atoms with E-state index in [1.807, 2.05) is 6.20 Å². The van der Waals surface area contributed by atoms with E-state index in [1.165, 1.54) is 43.8 Å². The summed E-state index contributed by atoms with van der Waals surface area (Å²) in [6.07, 6.45) is 7.46. The third-order valence-corrected chi connectivity index (χ3v) is 8.11. The lowest BCUT2D eigenvalue weighted by Crippen LogP contribution is -2.25. The third-order valence-electron chi connectivity index (χ3n) is 8.11. The highest BCUT2D eigenvalue weighted by molar-refractivity contribution is 5.87. The number of pyridine rings is 1. The van der Waals surface area contributed by atoms with Crippen molar-refractivity contribution >= 4 is 21.5 Å². The zero-order chi connectivity index (χ0) is 26.3. The highest BCUT2D eigenvalue weighted by atomic mass is 14.6. The molecule has 4 aromatic rings. The highest BCUT2D eigenvalue weighted by Gasteiger charge is 2.29. The van der Waals surface area contributed by atoms with Crippen LogP contribution in [0.25, 0.3) is 21.5 Å². The predicted molar refractivity (Wildman–Crippen MR) is 158 cm³/mol. The van der Waals surface area contributed by atoms with E-state index >= 15 is 0 Å². The van der Waals surface area contributed by atoms with Crippen molar-refractivity contribution in [3.05, 3.63) is 89.2 Å². The highest BCUT2D eigenvalue weighted by Crippen LogP contribution is 2.40. The van der Waals surface area contributed by atoms with E-state index in [-0.39, 0.29) is 16.2 Å². The van der Waals surface area contributed by atoms with Gasteiger partial charge in [-0.2, -0.15) is 0 Å². The van der Waals surface area contributed by atoms with Crippen molar-refractivity contribution in [2.75, 3.05) is 0 Å². The number of hydrogen-bond donors (Lipinski definition) is 0. The summed E-state index contributed by atoms with van der Waals surface area (Å²) in [7, 11) is 0. The molecule has 0 fully saturated rings. The van der Waals surface area contributed by atoms with Crippen LogP contribution in [0.3, 0.4) is 0 Å². The van der Waals surface area contributed by atoms with Gasteiger partial charge >= 0.3 is 0 Å². The maximum atomic E-state index is 4.64. The predicted octanol–water partition coefficient (Wildman–Crippen LogP) is 9.92. The summed E-state index contributed by atoms with van der Waals surface area (Å²) in [5, 5.41) is 5.36. The second kappa shape index (κ2) is 9.66. The Kier molecular flexibility index (Phi) is 7.08. The largest absolute Gasteiger partial charge is 0.264 e. The molecule has 0 aliphatic heterocycles. The molecule has 1 aromatic heterocycles. The van der Waals surface area contributed by atoms with Crippen LogP contribution in [-0.2, 0) is 22.7 Å². The van der Waals surface area contributed by atoms with Gasteiger partial charge in [0.15, 0.2) is 0 Å². The topological polar surface area (TPSA) is 12.9 Å². The van der Waals surface area contributed by atoms with Gasteiger partial charge in [-0.15, -0.1) is 0 Å². The van der Waals surface area contributed by atoms with Gasteiger partial charge in [0, 0.05) is 17.8 Å². The molecule has 0 atom stereocenters. The molecule has 36 heavy (non-hydrogen) atoms. The summed E-state index contributed by atoms with van der Waals surface area (Å²) in [5.41, 5.74) is 5.90. The van der Waals surface area contributed by atoms with Crippen LogP contribution in [0.4, 0.5) is 0 Å². The Balaban J connectivity index is 1.64. The number of fused-ring (bicyclic) bond motifs is 2. The van der Waals surface area contributed by atoms with E-state index in [2.05, 4.69) is 128 Å². The normalized spacial score (nSPS) is 13.2. The van der Waals surface area contributed by atoms with Crippen LogP contribution in [0.2, 0.25) is 0 Å². The minimum atomic E-state index is 0.0277. The zero-order valence-electron chi connectivity index (χ0n) is 24.0. The SMILES string of the molecule is CC(C)Cc1cccc2ccc(C(C)(C)CCC(C)(C)c3cncc4ccc(C(C)(C)C)cc34)cc12. The molecule has 0 saturated heterocycles. The van der Waals surface area contributed by atoms with Gasteiger partial charge in [0.1, 0.15) is 0 Å². The van der Waals surface area contributed by atoms with E-state index in [0.29, 0.717) is 5.92 Å². The Morgan fingerprint density at radius 1 is 0.667 bits per heavy atom. The van der Waals surface area contributed by atoms with Crippen LogP contribution in [0, 0.1) is 5.92 Å². The standard InChI is InChI=1S/C35H45N/c1-24(2)19-26-12-10-11-25-13-16-29(21-30(25)26)34(6,7)17-18-35(8,9)32-23-36-22-27-14-15-28(20-31(27)32)33(3,4)5/h10-16,20-24H,17-19H2,1-9H3. The molecule has 0 aliphatic rings. The average Bonchev–Trinajstić information content (AvgIpc) is 2.81. The van der Waals surface area contributed by atoms with Crippen molar-refractivity contribution < 1.29 is 0 Å². The lowest BCUT2D eigenvalue weighted by atomic mass is 9.72. The second-order valence-corrected chi connectivity index (χ2v) is 13.6. The van der Waals surface area contributed by atoms with E-state index < -0.39 is 0 Å². The lowest BCUT2D eigenvalue weighted by Gasteiger charge is -2.33. The summed E-state index contributed by atoms with van der Waals surface area (Å²) < 4.78 is 0. The molecule has 1 heterocycles. The summed E-state index contributed by atoms with van der Waals surface area (Å²) in [6.45, 7) is 21.1. The van der Waals surface area contributed by atoms with Gasteiger partial charge in [-0.3, -0.25) is 4.98 Å². The van der Waals surface area contributed by atoms with Crippen molar-refractivity contribution in [3.8, 4) is 0 Å². The third kappa shape index (κ3) is 5.51. The summed E-state index contributed by atoms with van der Waals surface area (Å²) in [6, 6.07) is 20.8. The summed E-state index contributed by atoms with van der Waals surface area (Å²) in [5.74, 6) is 0.654. The Labute approximate surface area is 219 Å². The van der Waals surface area contributed by atoms with Crippen molar-refractivity contribution in [2.24, 2.45) is 5.92 Å². The van der Waals surface area contributed by atoms with Crippen molar-refractivity contribution in [1.82, 2.24) is 4.98 Å². The van der Waals surface area contributed by atoms with Crippen LogP contribution in [-0.4, -0.2) is 4.98 Å². The van der Waals surface area contributed by atoms with Gasteiger partial charge in [0.25, 0.3) is 0 Å². The Bertz CT molecular complexity index is 1360. The summed E-state index contributed by atoms with van der Waals surface area (Å²) in [4.78, 5) is 4.64. The Morgan fingerprint density at radius 3 is 2.00 bits per heavy atom. The molecule has 0 spiro atoms. The van der Waals surface area contributed by atoms with Crippen molar-refractivity contribution in [3.63, 3.8) is 0 Å². The van der Waals surface area contributed by atoms with E-state index in [0.717, 1.165) is 19.3 Å². The smallest absolute Gasteiger partial charge is 0.0346 e. The minimum Gasteiger partial charge on any atom is -0.264 e. The summed E-state index contributed by atoms with van der Waals surface area (Å²) >= 11 is 0. The molecule has 1 nitrogen and oxygen atoms in total. The molecule has 0 N–H and O–H groups in total. The van der Waals surface area contributed by atoms with Crippen LogP contribution in [0.15, 0.2) is 67.0 Å². The van der Waals surface area contributed by atoms with Gasteiger partial charge in [-0.1, -0.05) is 117 Å². The number of nitrogens with zero attached hydrogens (tertiary/aromatic N) is 1. The molecule has 0 bridgehead atoms. The van der Waals surface area contributed by atoms with Gasteiger partial charge in [0.05, 0.1) is 0 Å². The number of hydrogen-bond acceptors (Lipinski definition) is 1. The van der Waals surface area contributed by atoms with Crippen LogP contribution in [0.1, 0.15) is 97.4 Å². The molecule has 0 aliphatic carbocycles. The van der Waals surface area contributed by atoms with E-state index in [4.69, 9.17) is 0 Å². The number of aromatic nitrogens is 1. The van der Waals surface area contributed by atoms with Gasteiger partial charge in [-0.25, -0.2) is 0 Å². The monoisotopic (exact) mass is 479 g/mol. The molecule has 0 unspecified atom stereocenters. The van der Waals surface area contributed by atoms with Crippen molar-refractivity contribution in [2.45, 2.75) is 97.8 Å². The molecule has 1 heteroatoms. The molecular weight excluding hydrogens is 434 g/mol. The average molecular weight is 480 g/mol. The molecule has 0 radical (unpaired) electrons. The first-order valence-corrected chi connectivity index (χ1v) is 13.7. The van der Waals surface area contributed by atoms with Crippen LogP contribution in [0.5, 0.6) is 0 Å². The quantitative estimate of drug-likeness (QED) is 0.257. The first-order chi connectivity index (χ1) is 16.8. The number of benzene rings is 3. The van der Waals surface area contributed by atoms with E-state index in [9.17, 15) is 0 Å². The maximum Gasteiger partial charge on any atom is 0.0346 e. The Morgan fingerprint density at radius 2 is 1.31 bits per heavy atom. The van der Waals surface area contributed by atoms with Crippen LogP contribution >= 0.6 is 0 Å². The van der Waals surface area contributed by atoms with Gasteiger partial charge in [-0.05, 0) is 79.8 Å². The lowest BCUT2D eigenvalue weighted by molar-refractivity contribution is 0.376. The van der Waals surface area contributed by atoms with Crippen molar-refractivity contribution in [1.29, 1.82) is 0 Å². The fourth-order valence-electron chi connectivity index (χ4n) is 5.45. The van der Waals surface area contributed by atoms with Crippen LogP contribution < -0.4 is 0 Å². The maximum absolute atomic E-state index is 4.64. The second-order valence-electron chi connectivity index (χ2n) is 13.6. The zero-order valence-corrected chi connectivity index (χ0v) is 24.0. The number of rotatable bonds is 7. The van der Waals surface area contributed by atoms with Gasteiger partial charge in [0.2, 0.25) is 0 Å². The fourth-order valence-corrected chi connectivity index (χ4v) is 5.45. The molecule has 190 valence electrons. The molecule has 3 aromatic carbocycles. The fraction of sp³-hybridized carbons (Fsp3) is 0.457. The Hall–Kier alpha value is -2.67. The first-order valence-electron chi connectivity index (χ1n) is 13.7. The molecule has 4 rings (SSSR count). The molecule has 0 saturated carbocycles.